The van der Waals surface area contributed by atoms with Crippen molar-refractivity contribution in [1.29, 1.82) is 0 Å². The summed E-state index contributed by atoms with van der Waals surface area (Å²) in [5, 5.41) is 6.05. The van der Waals surface area contributed by atoms with Crippen LogP contribution < -0.4 is 16.4 Å². The first-order valence-corrected chi connectivity index (χ1v) is 8.09. The van der Waals surface area contributed by atoms with Gasteiger partial charge in [0.25, 0.3) is 5.91 Å². The number of thiazole rings is 1. The lowest BCUT2D eigenvalue weighted by Crippen LogP contribution is -2.13. The number of aryl methyl sites for hydroxylation is 1. The Morgan fingerprint density at radius 3 is 2.67 bits per heavy atom. The maximum Gasteiger partial charge on any atom is 0.255 e. The van der Waals surface area contributed by atoms with Gasteiger partial charge in [0.2, 0.25) is 5.91 Å². The van der Waals surface area contributed by atoms with E-state index in [1.807, 2.05) is 13.0 Å². The second-order valence-electron chi connectivity index (χ2n) is 5.40. The van der Waals surface area contributed by atoms with Gasteiger partial charge in [-0.3, -0.25) is 9.59 Å². The van der Waals surface area contributed by atoms with E-state index in [1.54, 1.807) is 30.3 Å². The number of carbonyl (C=O) groups excluding carboxylic acids is 2. The summed E-state index contributed by atoms with van der Waals surface area (Å²) in [4.78, 5) is 27.8. The topological polar surface area (TPSA) is 97.1 Å². The van der Waals surface area contributed by atoms with Gasteiger partial charge < -0.3 is 16.4 Å². The van der Waals surface area contributed by atoms with Crippen molar-refractivity contribution in [2.24, 2.45) is 0 Å². The van der Waals surface area contributed by atoms with Gasteiger partial charge in [-0.2, -0.15) is 0 Å². The number of rotatable bonds is 3. The number of aromatic nitrogens is 1. The van der Waals surface area contributed by atoms with Gasteiger partial charge in [-0.05, 0) is 42.8 Å². The second-order valence-corrected chi connectivity index (χ2v) is 6.46. The minimum Gasteiger partial charge on any atom is -0.375 e. The van der Waals surface area contributed by atoms with Crippen LogP contribution in [0.25, 0.3) is 10.2 Å². The van der Waals surface area contributed by atoms with E-state index in [2.05, 4.69) is 15.6 Å². The quantitative estimate of drug-likeness (QED) is 0.681. The summed E-state index contributed by atoms with van der Waals surface area (Å²) < 4.78 is 0.865. The Hall–Kier alpha value is -2.93. The zero-order valence-electron chi connectivity index (χ0n) is 13.2. The highest BCUT2D eigenvalue weighted by Gasteiger charge is 2.11. The van der Waals surface area contributed by atoms with Gasteiger partial charge in [0, 0.05) is 23.9 Å². The fourth-order valence-corrected chi connectivity index (χ4v) is 3.09. The summed E-state index contributed by atoms with van der Waals surface area (Å²) in [6.07, 6.45) is 0. The van der Waals surface area contributed by atoms with Gasteiger partial charge in [0.15, 0.2) is 5.13 Å². The number of anilines is 3. The van der Waals surface area contributed by atoms with Crippen molar-refractivity contribution >= 4 is 49.9 Å². The Balaban J connectivity index is 1.86. The number of amides is 2. The highest BCUT2D eigenvalue weighted by atomic mass is 32.1. The lowest BCUT2D eigenvalue weighted by Gasteiger charge is -2.11. The predicted octanol–water partition coefficient (Wildman–Crippen LogP) is 3.40. The van der Waals surface area contributed by atoms with Crippen LogP contribution in [0.4, 0.5) is 16.5 Å². The van der Waals surface area contributed by atoms with E-state index in [1.165, 1.54) is 18.3 Å². The van der Waals surface area contributed by atoms with Crippen molar-refractivity contribution < 1.29 is 9.59 Å². The van der Waals surface area contributed by atoms with Crippen molar-refractivity contribution in [1.82, 2.24) is 4.98 Å². The van der Waals surface area contributed by atoms with Crippen LogP contribution in [0.3, 0.4) is 0 Å². The molecule has 3 aromatic rings. The minimum absolute atomic E-state index is 0.163. The second kappa shape index (κ2) is 6.29. The highest BCUT2D eigenvalue weighted by molar-refractivity contribution is 7.22. The first-order chi connectivity index (χ1) is 11.4. The third-order valence-corrected chi connectivity index (χ3v) is 4.32. The maximum absolute atomic E-state index is 12.5. The predicted molar refractivity (Wildman–Crippen MR) is 97.5 cm³/mol. The molecule has 0 bridgehead atoms. The van der Waals surface area contributed by atoms with Crippen LogP contribution in [0.15, 0.2) is 36.4 Å². The molecule has 3 rings (SSSR count). The molecule has 0 unspecified atom stereocenters. The molecule has 0 radical (unpaired) electrons. The van der Waals surface area contributed by atoms with Gasteiger partial charge in [0.05, 0.1) is 10.2 Å². The summed E-state index contributed by atoms with van der Waals surface area (Å²) >= 11 is 1.34. The molecule has 1 aromatic heterocycles. The Bertz CT molecular complexity index is 949. The van der Waals surface area contributed by atoms with Gasteiger partial charge >= 0.3 is 0 Å². The number of carbonyl (C=O) groups is 2. The summed E-state index contributed by atoms with van der Waals surface area (Å²) in [5.41, 5.74) is 9.17. The van der Waals surface area contributed by atoms with Crippen molar-refractivity contribution in [3.8, 4) is 0 Å². The molecule has 122 valence electrons. The summed E-state index contributed by atoms with van der Waals surface area (Å²) in [6.45, 7) is 3.33. The number of nitrogens with two attached hydrogens (primary N) is 1. The molecule has 4 N–H and O–H groups in total. The van der Waals surface area contributed by atoms with E-state index < -0.39 is 0 Å². The monoisotopic (exact) mass is 340 g/mol. The zero-order valence-corrected chi connectivity index (χ0v) is 14.0. The Labute approximate surface area is 142 Å². The van der Waals surface area contributed by atoms with E-state index in [-0.39, 0.29) is 11.8 Å². The standard InChI is InChI=1S/C17H16N4O2S/c1-9-3-5-12(19-10(2)22)8-14(9)20-16(23)11-4-6-13-15(7-11)24-17(18)21-13/h3-8H,1-2H3,(H2,18,21)(H,19,22)(H,20,23). The smallest absolute Gasteiger partial charge is 0.255 e. The average molecular weight is 340 g/mol. The van der Waals surface area contributed by atoms with Crippen molar-refractivity contribution in [2.45, 2.75) is 13.8 Å². The minimum atomic E-state index is -0.230. The number of hydrogen-bond acceptors (Lipinski definition) is 5. The molecule has 0 fully saturated rings. The summed E-state index contributed by atoms with van der Waals surface area (Å²) in [7, 11) is 0. The fraction of sp³-hybridized carbons (Fsp3) is 0.118. The lowest BCUT2D eigenvalue weighted by molar-refractivity contribution is -0.114. The van der Waals surface area contributed by atoms with Gasteiger partial charge in [-0.1, -0.05) is 17.4 Å². The molecule has 0 aliphatic rings. The van der Waals surface area contributed by atoms with Gasteiger partial charge in [0.1, 0.15) is 0 Å². The van der Waals surface area contributed by atoms with E-state index in [4.69, 9.17) is 5.73 Å². The molecule has 24 heavy (non-hydrogen) atoms. The van der Waals surface area contributed by atoms with Gasteiger partial charge in [-0.15, -0.1) is 0 Å². The molecular weight excluding hydrogens is 324 g/mol. The van der Waals surface area contributed by atoms with Crippen molar-refractivity contribution in [3.63, 3.8) is 0 Å². The van der Waals surface area contributed by atoms with Crippen LogP contribution in [-0.2, 0) is 4.79 Å². The van der Waals surface area contributed by atoms with Gasteiger partial charge in [-0.25, -0.2) is 4.98 Å². The van der Waals surface area contributed by atoms with E-state index in [0.717, 1.165) is 15.8 Å². The molecule has 0 atom stereocenters. The first-order valence-electron chi connectivity index (χ1n) is 7.28. The van der Waals surface area contributed by atoms with Crippen LogP contribution in [0.1, 0.15) is 22.8 Å². The Morgan fingerprint density at radius 1 is 1.12 bits per heavy atom. The fourth-order valence-electron chi connectivity index (χ4n) is 2.32. The molecule has 0 saturated carbocycles. The molecule has 2 aromatic carbocycles. The number of benzene rings is 2. The molecule has 0 aliphatic heterocycles. The van der Waals surface area contributed by atoms with Crippen LogP contribution in [0.5, 0.6) is 0 Å². The Morgan fingerprint density at radius 2 is 1.92 bits per heavy atom. The molecular formula is C17H16N4O2S. The van der Waals surface area contributed by atoms with Crippen molar-refractivity contribution in [2.75, 3.05) is 16.4 Å². The molecule has 6 nitrogen and oxygen atoms in total. The van der Waals surface area contributed by atoms with Crippen LogP contribution in [-0.4, -0.2) is 16.8 Å². The molecule has 1 heterocycles. The lowest BCUT2D eigenvalue weighted by atomic mass is 10.1. The third kappa shape index (κ3) is 3.36. The van der Waals surface area contributed by atoms with Crippen molar-refractivity contribution in [3.05, 3.63) is 47.5 Å². The molecule has 2 amide bonds. The average Bonchev–Trinajstić information content (AvgIpc) is 2.89. The summed E-state index contributed by atoms with van der Waals surface area (Å²) in [6, 6.07) is 10.6. The van der Waals surface area contributed by atoms with E-state index >= 15 is 0 Å². The van der Waals surface area contributed by atoms with E-state index in [9.17, 15) is 9.59 Å². The molecule has 0 saturated heterocycles. The van der Waals surface area contributed by atoms with E-state index in [0.29, 0.717) is 22.1 Å². The maximum atomic E-state index is 12.5. The van der Waals surface area contributed by atoms with Crippen LogP contribution in [0.2, 0.25) is 0 Å². The zero-order chi connectivity index (χ0) is 17.3. The summed E-state index contributed by atoms with van der Waals surface area (Å²) in [5.74, 6) is -0.392. The number of fused-ring (bicyclic) bond motifs is 1. The molecule has 7 heteroatoms. The Kier molecular flexibility index (Phi) is 4.18. The normalized spacial score (nSPS) is 10.6. The highest BCUT2D eigenvalue weighted by Crippen LogP contribution is 2.26. The third-order valence-electron chi connectivity index (χ3n) is 3.47. The number of hydrogen-bond donors (Lipinski definition) is 3. The number of nitrogens with zero attached hydrogens (tertiary/aromatic N) is 1. The van der Waals surface area contributed by atoms with Crippen LogP contribution >= 0.6 is 11.3 Å². The van der Waals surface area contributed by atoms with Crippen LogP contribution in [0, 0.1) is 6.92 Å². The largest absolute Gasteiger partial charge is 0.375 e. The number of nitrogen functional groups attached to an aromatic ring is 1. The number of nitrogens with one attached hydrogen (secondary N) is 2. The SMILES string of the molecule is CC(=O)Nc1ccc(C)c(NC(=O)c2ccc3nc(N)sc3c2)c1. The molecule has 0 aliphatic carbocycles. The molecule has 0 spiro atoms. The first kappa shape index (κ1) is 15.9.